The SMILES string of the molecule is O[C@@H]1CCCN(c2ncnc3[nH]ccc23)C1. The summed E-state index contributed by atoms with van der Waals surface area (Å²) in [6.45, 7) is 1.62. The fraction of sp³-hybridized carbons (Fsp3) is 0.455. The number of aliphatic hydroxyl groups excluding tert-OH is 1. The van der Waals surface area contributed by atoms with E-state index < -0.39 is 0 Å². The zero-order valence-corrected chi connectivity index (χ0v) is 8.93. The molecule has 84 valence electrons. The molecule has 1 aliphatic rings. The van der Waals surface area contributed by atoms with Gasteiger partial charge in [-0.2, -0.15) is 0 Å². The number of nitrogens with one attached hydrogen (secondary N) is 1. The van der Waals surface area contributed by atoms with Crippen molar-refractivity contribution in [1.82, 2.24) is 15.0 Å². The quantitative estimate of drug-likeness (QED) is 0.747. The van der Waals surface area contributed by atoms with Crippen LogP contribution >= 0.6 is 0 Å². The predicted octanol–water partition coefficient (Wildman–Crippen LogP) is 0.919. The van der Waals surface area contributed by atoms with Gasteiger partial charge in [0.05, 0.1) is 11.5 Å². The first-order valence-electron chi connectivity index (χ1n) is 5.56. The number of aromatic nitrogens is 3. The zero-order valence-electron chi connectivity index (χ0n) is 8.93. The van der Waals surface area contributed by atoms with Crippen LogP contribution in [-0.2, 0) is 0 Å². The van der Waals surface area contributed by atoms with Crippen LogP contribution in [0.25, 0.3) is 11.0 Å². The second-order valence-electron chi connectivity index (χ2n) is 4.18. The lowest BCUT2D eigenvalue weighted by molar-refractivity contribution is 0.154. The van der Waals surface area contributed by atoms with Crippen LogP contribution in [0, 0.1) is 0 Å². The number of nitrogens with zero attached hydrogens (tertiary/aromatic N) is 3. The molecular weight excluding hydrogens is 204 g/mol. The van der Waals surface area contributed by atoms with Crippen molar-refractivity contribution in [2.24, 2.45) is 0 Å². The van der Waals surface area contributed by atoms with Crippen molar-refractivity contribution in [3.8, 4) is 0 Å². The van der Waals surface area contributed by atoms with E-state index in [1.165, 1.54) is 0 Å². The van der Waals surface area contributed by atoms with Gasteiger partial charge in [0, 0.05) is 19.3 Å². The highest BCUT2D eigenvalue weighted by molar-refractivity contribution is 5.87. The number of H-pyrrole nitrogens is 1. The molecule has 5 heteroatoms. The fourth-order valence-corrected chi connectivity index (χ4v) is 2.26. The first-order valence-corrected chi connectivity index (χ1v) is 5.56. The molecule has 0 aromatic carbocycles. The number of rotatable bonds is 1. The predicted molar refractivity (Wildman–Crippen MR) is 61.3 cm³/mol. The van der Waals surface area contributed by atoms with Crippen LogP contribution in [0.5, 0.6) is 0 Å². The highest BCUT2D eigenvalue weighted by Gasteiger charge is 2.20. The monoisotopic (exact) mass is 218 g/mol. The molecule has 3 heterocycles. The molecule has 1 aliphatic heterocycles. The Morgan fingerprint density at radius 3 is 3.25 bits per heavy atom. The Bertz CT molecular complexity index is 495. The molecule has 1 atom stereocenters. The summed E-state index contributed by atoms with van der Waals surface area (Å²) in [7, 11) is 0. The van der Waals surface area contributed by atoms with Crippen molar-refractivity contribution < 1.29 is 5.11 Å². The van der Waals surface area contributed by atoms with Crippen LogP contribution in [-0.4, -0.2) is 39.3 Å². The molecule has 2 N–H and O–H groups in total. The van der Waals surface area contributed by atoms with Crippen molar-refractivity contribution in [3.05, 3.63) is 18.6 Å². The van der Waals surface area contributed by atoms with E-state index in [1.54, 1.807) is 6.33 Å². The summed E-state index contributed by atoms with van der Waals surface area (Å²) in [4.78, 5) is 13.7. The molecule has 1 saturated heterocycles. The molecule has 1 fully saturated rings. The van der Waals surface area contributed by atoms with Gasteiger partial charge in [-0.05, 0) is 18.9 Å². The van der Waals surface area contributed by atoms with Gasteiger partial charge in [-0.3, -0.25) is 0 Å². The van der Waals surface area contributed by atoms with Gasteiger partial charge >= 0.3 is 0 Å². The van der Waals surface area contributed by atoms with Gasteiger partial charge in [-0.15, -0.1) is 0 Å². The minimum Gasteiger partial charge on any atom is -0.391 e. The van der Waals surface area contributed by atoms with Gasteiger partial charge < -0.3 is 15.0 Å². The Morgan fingerprint density at radius 2 is 2.38 bits per heavy atom. The fourth-order valence-electron chi connectivity index (χ4n) is 2.26. The van der Waals surface area contributed by atoms with E-state index in [4.69, 9.17) is 0 Å². The Hall–Kier alpha value is -1.62. The Balaban J connectivity index is 2.01. The number of anilines is 1. The van der Waals surface area contributed by atoms with Crippen molar-refractivity contribution in [2.75, 3.05) is 18.0 Å². The molecule has 5 nitrogen and oxygen atoms in total. The molecule has 0 radical (unpaired) electrons. The van der Waals surface area contributed by atoms with Crippen LogP contribution in [0.15, 0.2) is 18.6 Å². The maximum atomic E-state index is 9.67. The van der Waals surface area contributed by atoms with Gasteiger partial charge in [0.25, 0.3) is 0 Å². The number of aromatic amines is 1. The van der Waals surface area contributed by atoms with Gasteiger partial charge in [0.15, 0.2) is 0 Å². The first kappa shape index (κ1) is 9.59. The molecule has 2 aromatic heterocycles. The summed E-state index contributed by atoms with van der Waals surface area (Å²) >= 11 is 0. The summed E-state index contributed by atoms with van der Waals surface area (Å²) in [6.07, 6.45) is 5.09. The molecule has 3 rings (SSSR count). The van der Waals surface area contributed by atoms with E-state index in [1.807, 2.05) is 12.3 Å². The maximum Gasteiger partial charge on any atom is 0.142 e. The smallest absolute Gasteiger partial charge is 0.142 e. The lowest BCUT2D eigenvalue weighted by atomic mass is 10.1. The minimum absolute atomic E-state index is 0.238. The Kier molecular flexibility index (Phi) is 2.25. The summed E-state index contributed by atoms with van der Waals surface area (Å²) in [5.41, 5.74) is 0.852. The third-order valence-electron chi connectivity index (χ3n) is 3.03. The molecule has 0 aliphatic carbocycles. The molecular formula is C11H14N4O. The van der Waals surface area contributed by atoms with Gasteiger partial charge in [-0.1, -0.05) is 0 Å². The molecule has 0 unspecified atom stereocenters. The van der Waals surface area contributed by atoms with Gasteiger partial charge in [-0.25, -0.2) is 9.97 Å². The summed E-state index contributed by atoms with van der Waals surface area (Å²) in [5.74, 6) is 0.921. The van der Waals surface area contributed by atoms with Crippen molar-refractivity contribution in [2.45, 2.75) is 18.9 Å². The highest BCUT2D eigenvalue weighted by atomic mass is 16.3. The highest BCUT2D eigenvalue weighted by Crippen LogP contribution is 2.24. The molecule has 0 saturated carbocycles. The average Bonchev–Trinajstić information content (AvgIpc) is 2.76. The third-order valence-corrected chi connectivity index (χ3v) is 3.03. The van der Waals surface area contributed by atoms with E-state index in [9.17, 15) is 5.11 Å². The van der Waals surface area contributed by atoms with Gasteiger partial charge in [0.1, 0.15) is 17.8 Å². The lowest BCUT2D eigenvalue weighted by Gasteiger charge is -2.31. The summed E-state index contributed by atoms with van der Waals surface area (Å²) in [6, 6.07) is 1.98. The zero-order chi connectivity index (χ0) is 11.0. The van der Waals surface area contributed by atoms with E-state index in [-0.39, 0.29) is 6.10 Å². The molecule has 0 bridgehead atoms. The number of fused-ring (bicyclic) bond motifs is 1. The van der Waals surface area contributed by atoms with Crippen molar-refractivity contribution >= 4 is 16.9 Å². The number of β-amino-alcohol motifs (C(OH)–C–C–N with tert-alkyl or cyclic N) is 1. The van der Waals surface area contributed by atoms with Crippen LogP contribution in [0.2, 0.25) is 0 Å². The van der Waals surface area contributed by atoms with E-state index in [0.717, 1.165) is 36.2 Å². The molecule has 0 spiro atoms. The van der Waals surface area contributed by atoms with Crippen LogP contribution in [0.1, 0.15) is 12.8 Å². The second-order valence-corrected chi connectivity index (χ2v) is 4.18. The minimum atomic E-state index is -0.238. The van der Waals surface area contributed by atoms with E-state index in [0.29, 0.717) is 6.54 Å². The topological polar surface area (TPSA) is 65.0 Å². The standard InChI is InChI=1S/C11H14N4O/c16-8-2-1-5-15(6-8)11-9-3-4-12-10(9)13-7-14-11/h3-4,7-8,16H,1-2,5-6H2,(H,12,13,14)/t8-/m1/s1. The number of aliphatic hydroxyl groups is 1. The van der Waals surface area contributed by atoms with Crippen molar-refractivity contribution in [1.29, 1.82) is 0 Å². The first-order chi connectivity index (χ1) is 7.84. The summed E-state index contributed by atoms with van der Waals surface area (Å²) < 4.78 is 0. The number of hydrogen-bond donors (Lipinski definition) is 2. The van der Waals surface area contributed by atoms with Crippen LogP contribution < -0.4 is 4.90 Å². The normalized spacial score (nSPS) is 21.6. The molecule has 0 amide bonds. The van der Waals surface area contributed by atoms with Gasteiger partial charge in [0.2, 0.25) is 0 Å². The average molecular weight is 218 g/mol. The van der Waals surface area contributed by atoms with Crippen LogP contribution in [0.3, 0.4) is 0 Å². The largest absolute Gasteiger partial charge is 0.391 e. The number of piperidine rings is 1. The third kappa shape index (κ3) is 1.53. The number of hydrogen-bond acceptors (Lipinski definition) is 4. The lowest BCUT2D eigenvalue weighted by Crippen LogP contribution is -2.38. The second kappa shape index (κ2) is 3.75. The summed E-state index contributed by atoms with van der Waals surface area (Å²) in [5, 5.41) is 10.7. The molecule has 2 aromatic rings. The van der Waals surface area contributed by atoms with Crippen molar-refractivity contribution in [3.63, 3.8) is 0 Å². The van der Waals surface area contributed by atoms with E-state index >= 15 is 0 Å². The molecule has 16 heavy (non-hydrogen) atoms. The maximum absolute atomic E-state index is 9.67. The Labute approximate surface area is 93.1 Å². The Morgan fingerprint density at radius 1 is 1.44 bits per heavy atom. The van der Waals surface area contributed by atoms with Crippen LogP contribution in [0.4, 0.5) is 5.82 Å². The van der Waals surface area contributed by atoms with E-state index in [2.05, 4.69) is 19.9 Å².